The van der Waals surface area contributed by atoms with Gasteiger partial charge in [-0.1, -0.05) is 18.7 Å². The van der Waals surface area contributed by atoms with Crippen molar-refractivity contribution in [2.24, 2.45) is 0 Å². The lowest BCUT2D eigenvalue weighted by molar-refractivity contribution is -0.139. The van der Waals surface area contributed by atoms with Gasteiger partial charge in [0.25, 0.3) is 5.56 Å². The second kappa shape index (κ2) is 9.90. The Bertz CT molecular complexity index is 1370. The van der Waals surface area contributed by atoms with E-state index in [1.165, 1.54) is 22.9 Å². The molecule has 0 spiro atoms. The van der Waals surface area contributed by atoms with Gasteiger partial charge in [0.15, 0.2) is 5.16 Å². The topological polar surface area (TPSA) is 115 Å². The maximum absolute atomic E-state index is 13.5. The number of amides is 2. The molecule has 0 saturated heterocycles. The zero-order chi connectivity index (χ0) is 24.5. The lowest BCUT2D eigenvalue weighted by atomic mass is 10.0. The highest BCUT2D eigenvalue weighted by molar-refractivity contribution is 7.99. The highest BCUT2D eigenvalue weighted by Gasteiger charge is 2.35. The number of carbonyl (C=O) groups excluding carboxylic acids is 2. The van der Waals surface area contributed by atoms with Crippen LogP contribution in [0.25, 0.3) is 10.2 Å². The molecule has 2 N–H and O–H groups in total. The number of aromatic nitrogens is 2. The summed E-state index contributed by atoms with van der Waals surface area (Å²) in [5.74, 6) is 0.118. The molecule has 0 unspecified atom stereocenters. The standard InChI is InChI=1S/C24H26N4O5S2/c1-3-10-28-21(29)17-13-7-5-9-16(13)35-20(17)27-24(28)34-12-14-18(22(30)32-4-2)19(26-23(31)25-14)15-8-6-11-33-15/h6,8,11,19H,3-5,7,9-10,12H2,1-2H3,(H2,25,26,31)/t19-/m1/s1. The first-order valence-corrected chi connectivity index (χ1v) is 13.5. The van der Waals surface area contributed by atoms with Gasteiger partial charge in [-0.15, -0.1) is 11.3 Å². The SMILES string of the molecule is CCCn1c(SCC2=C(C(=O)OCC)[C@@H](c3ccco3)NC(=O)N2)nc2sc3c(c2c1=O)CCC3. The molecule has 0 fully saturated rings. The number of aryl methyl sites for hydroxylation is 2. The number of nitrogens with zero attached hydrogens (tertiary/aromatic N) is 2. The summed E-state index contributed by atoms with van der Waals surface area (Å²) in [6.45, 7) is 4.48. The van der Waals surface area contributed by atoms with E-state index in [0.29, 0.717) is 23.2 Å². The van der Waals surface area contributed by atoms with Crippen molar-refractivity contribution >= 4 is 45.3 Å². The van der Waals surface area contributed by atoms with E-state index in [0.717, 1.165) is 41.5 Å². The molecule has 0 radical (unpaired) electrons. The van der Waals surface area contributed by atoms with E-state index in [1.54, 1.807) is 35.0 Å². The van der Waals surface area contributed by atoms with Crippen molar-refractivity contribution in [3.8, 4) is 0 Å². The second-order valence-corrected chi connectivity index (χ2v) is 10.4. The van der Waals surface area contributed by atoms with E-state index in [2.05, 4.69) is 10.6 Å². The van der Waals surface area contributed by atoms with Gasteiger partial charge in [-0.05, 0) is 50.3 Å². The van der Waals surface area contributed by atoms with Crippen LogP contribution in [0.4, 0.5) is 4.79 Å². The van der Waals surface area contributed by atoms with Crippen molar-refractivity contribution in [3.05, 3.63) is 56.2 Å². The van der Waals surface area contributed by atoms with Crippen LogP contribution in [-0.4, -0.2) is 33.9 Å². The van der Waals surface area contributed by atoms with Crippen LogP contribution >= 0.6 is 23.1 Å². The lowest BCUT2D eigenvalue weighted by Gasteiger charge is -2.27. The molecular formula is C24H26N4O5S2. The minimum Gasteiger partial charge on any atom is -0.467 e. The minimum atomic E-state index is -0.776. The van der Waals surface area contributed by atoms with Crippen molar-refractivity contribution in [3.63, 3.8) is 0 Å². The molecule has 184 valence electrons. The van der Waals surface area contributed by atoms with Gasteiger partial charge in [-0.2, -0.15) is 0 Å². The van der Waals surface area contributed by atoms with Crippen LogP contribution in [0, 0.1) is 0 Å². The summed E-state index contributed by atoms with van der Waals surface area (Å²) in [7, 11) is 0. The summed E-state index contributed by atoms with van der Waals surface area (Å²) in [6, 6.07) is 2.17. The molecule has 35 heavy (non-hydrogen) atoms. The number of esters is 1. The molecule has 9 nitrogen and oxygen atoms in total. The van der Waals surface area contributed by atoms with E-state index in [-0.39, 0.29) is 23.5 Å². The van der Waals surface area contributed by atoms with Crippen LogP contribution in [-0.2, 0) is 28.9 Å². The first-order chi connectivity index (χ1) is 17.0. The van der Waals surface area contributed by atoms with Gasteiger partial charge in [0.2, 0.25) is 0 Å². The lowest BCUT2D eigenvalue weighted by Crippen LogP contribution is -2.46. The number of furan rings is 1. The van der Waals surface area contributed by atoms with Crippen molar-refractivity contribution in [1.82, 2.24) is 20.2 Å². The number of thiophene rings is 1. The molecule has 3 aromatic heterocycles. The fourth-order valence-electron chi connectivity index (χ4n) is 4.58. The highest BCUT2D eigenvalue weighted by atomic mass is 32.2. The Morgan fingerprint density at radius 3 is 2.94 bits per heavy atom. The van der Waals surface area contributed by atoms with Gasteiger partial charge in [-0.3, -0.25) is 9.36 Å². The quantitative estimate of drug-likeness (QED) is 0.266. The van der Waals surface area contributed by atoms with Crippen molar-refractivity contribution in [2.45, 2.75) is 57.3 Å². The number of ether oxygens (including phenoxy) is 1. The van der Waals surface area contributed by atoms with Crippen LogP contribution in [0.5, 0.6) is 0 Å². The number of urea groups is 1. The van der Waals surface area contributed by atoms with Crippen LogP contribution < -0.4 is 16.2 Å². The van der Waals surface area contributed by atoms with Crippen molar-refractivity contribution in [2.75, 3.05) is 12.4 Å². The molecule has 2 amide bonds. The molecule has 5 rings (SSSR count). The number of fused-ring (bicyclic) bond motifs is 3. The summed E-state index contributed by atoms with van der Waals surface area (Å²) in [5.41, 5.74) is 1.82. The first kappa shape index (κ1) is 23.7. The summed E-state index contributed by atoms with van der Waals surface area (Å²) in [4.78, 5) is 45.7. The molecule has 0 saturated carbocycles. The minimum absolute atomic E-state index is 0.0128. The summed E-state index contributed by atoms with van der Waals surface area (Å²) in [6.07, 6.45) is 5.27. The van der Waals surface area contributed by atoms with Gasteiger partial charge in [0.05, 0.1) is 23.8 Å². The second-order valence-electron chi connectivity index (χ2n) is 8.34. The summed E-state index contributed by atoms with van der Waals surface area (Å²) < 4.78 is 12.5. The Morgan fingerprint density at radius 1 is 1.34 bits per heavy atom. The molecular weight excluding hydrogens is 488 g/mol. The molecule has 0 aromatic carbocycles. The van der Waals surface area contributed by atoms with Gasteiger partial charge in [-0.25, -0.2) is 14.6 Å². The molecule has 1 atom stereocenters. The normalized spacial score (nSPS) is 17.4. The fraction of sp³-hybridized carbons (Fsp3) is 0.417. The van der Waals surface area contributed by atoms with Gasteiger partial charge in [0.1, 0.15) is 16.6 Å². The highest BCUT2D eigenvalue weighted by Crippen LogP contribution is 2.36. The molecule has 0 bridgehead atoms. The molecule has 1 aliphatic carbocycles. The van der Waals surface area contributed by atoms with E-state index in [9.17, 15) is 14.4 Å². The van der Waals surface area contributed by atoms with Crippen molar-refractivity contribution in [1.29, 1.82) is 0 Å². The third kappa shape index (κ3) is 4.38. The van der Waals surface area contributed by atoms with Crippen LogP contribution in [0.15, 0.2) is 44.0 Å². The number of nitrogens with one attached hydrogen (secondary N) is 2. The van der Waals surface area contributed by atoms with Crippen LogP contribution in [0.2, 0.25) is 0 Å². The number of hydrogen-bond donors (Lipinski definition) is 2. The third-order valence-electron chi connectivity index (χ3n) is 6.06. The summed E-state index contributed by atoms with van der Waals surface area (Å²) >= 11 is 2.92. The first-order valence-electron chi connectivity index (χ1n) is 11.7. The number of rotatable bonds is 8. The van der Waals surface area contributed by atoms with Crippen molar-refractivity contribution < 1.29 is 18.7 Å². The Balaban J connectivity index is 1.54. The Labute approximate surface area is 209 Å². The Kier molecular flexibility index (Phi) is 6.70. The molecule has 3 aromatic rings. The Hall–Kier alpha value is -3.05. The monoisotopic (exact) mass is 514 g/mol. The molecule has 11 heteroatoms. The van der Waals surface area contributed by atoms with E-state index in [1.807, 2.05) is 6.92 Å². The predicted molar refractivity (Wildman–Crippen MR) is 134 cm³/mol. The van der Waals surface area contributed by atoms with Crippen LogP contribution in [0.3, 0.4) is 0 Å². The number of hydrogen-bond acceptors (Lipinski definition) is 8. The molecule has 1 aliphatic heterocycles. The van der Waals surface area contributed by atoms with Crippen LogP contribution in [0.1, 0.15) is 48.9 Å². The molecule has 2 aliphatic rings. The van der Waals surface area contributed by atoms with Gasteiger partial charge < -0.3 is 19.8 Å². The average Bonchev–Trinajstić information content (AvgIpc) is 3.57. The average molecular weight is 515 g/mol. The third-order valence-corrected chi connectivity index (χ3v) is 8.25. The Morgan fingerprint density at radius 2 is 2.20 bits per heavy atom. The largest absolute Gasteiger partial charge is 0.467 e. The van der Waals surface area contributed by atoms with E-state index in [4.69, 9.17) is 14.1 Å². The van der Waals surface area contributed by atoms with Gasteiger partial charge in [0, 0.05) is 22.9 Å². The number of carbonyl (C=O) groups is 2. The van der Waals surface area contributed by atoms with E-state index < -0.39 is 18.0 Å². The maximum atomic E-state index is 13.5. The predicted octanol–water partition coefficient (Wildman–Crippen LogP) is 3.91. The number of thioether (sulfide) groups is 1. The van der Waals surface area contributed by atoms with Gasteiger partial charge >= 0.3 is 12.0 Å². The smallest absolute Gasteiger partial charge is 0.338 e. The zero-order valence-electron chi connectivity index (χ0n) is 19.5. The molecule has 4 heterocycles. The summed E-state index contributed by atoms with van der Waals surface area (Å²) in [5, 5.41) is 6.82. The zero-order valence-corrected chi connectivity index (χ0v) is 21.1. The maximum Gasteiger partial charge on any atom is 0.338 e. The fourth-order valence-corrected chi connectivity index (χ4v) is 6.87. The van der Waals surface area contributed by atoms with E-state index >= 15 is 0 Å².